The van der Waals surface area contributed by atoms with Gasteiger partial charge < -0.3 is 14.8 Å². The summed E-state index contributed by atoms with van der Waals surface area (Å²) in [5, 5.41) is 3.07. The molecule has 0 atom stereocenters. The third-order valence-electron chi connectivity index (χ3n) is 8.53. The average molecular weight is 515 g/mol. The second-order valence-electron chi connectivity index (χ2n) is 11.2. The summed E-state index contributed by atoms with van der Waals surface area (Å²) < 4.78 is 2.10. The third-order valence-corrected chi connectivity index (χ3v) is 8.53. The Bertz CT molecular complexity index is 1220. The summed E-state index contributed by atoms with van der Waals surface area (Å²) >= 11 is 0. The topological polar surface area (TPSA) is 67.2 Å². The molecule has 1 N–H and O–H groups in total. The second kappa shape index (κ2) is 12.6. The first-order chi connectivity index (χ1) is 18.6. The lowest BCUT2D eigenvalue weighted by atomic mass is 9.88. The Morgan fingerprint density at radius 1 is 0.895 bits per heavy atom. The zero-order valence-corrected chi connectivity index (χ0v) is 22.8. The minimum Gasteiger partial charge on any atom is -0.355 e. The largest absolute Gasteiger partial charge is 0.355 e. The van der Waals surface area contributed by atoms with Crippen LogP contribution in [-0.2, 0) is 29.0 Å². The molecular weight excluding hydrogens is 472 g/mol. The van der Waals surface area contributed by atoms with Crippen molar-refractivity contribution in [1.82, 2.24) is 19.8 Å². The van der Waals surface area contributed by atoms with E-state index in [-0.39, 0.29) is 11.8 Å². The van der Waals surface area contributed by atoms with Crippen molar-refractivity contribution < 1.29 is 9.59 Å². The van der Waals surface area contributed by atoms with Crippen LogP contribution in [0.15, 0.2) is 48.5 Å². The lowest BCUT2D eigenvalue weighted by Crippen LogP contribution is -2.50. The number of aromatic nitrogens is 2. The number of hydrogen-bond donors (Lipinski definition) is 1. The van der Waals surface area contributed by atoms with Gasteiger partial charge in [0.05, 0.1) is 17.5 Å². The zero-order valence-electron chi connectivity index (χ0n) is 22.8. The summed E-state index contributed by atoms with van der Waals surface area (Å²) in [6.45, 7) is 2.85. The van der Waals surface area contributed by atoms with Gasteiger partial charge >= 0.3 is 0 Å². The van der Waals surface area contributed by atoms with Crippen LogP contribution in [0.2, 0.25) is 0 Å². The molecule has 38 heavy (non-hydrogen) atoms. The highest BCUT2D eigenvalue weighted by Gasteiger charge is 2.33. The van der Waals surface area contributed by atoms with Gasteiger partial charge in [-0.15, -0.1) is 0 Å². The molecule has 0 aliphatic heterocycles. The number of nitrogens with zero attached hydrogens (tertiary/aromatic N) is 3. The quantitative estimate of drug-likeness (QED) is 0.396. The van der Waals surface area contributed by atoms with Crippen molar-refractivity contribution in [2.45, 2.75) is 103 Å². The SMILES string of the molecule is Cc1ccccc1CC(=O)NCCc1nc2ccccc2n1CC(=O)N(C1CCCCC1)C1CCCCC1. The minimum absolute atomic E-state index is 0.0128. The molecule has 0 unspecified atom stereocenters. The van der Waals surface area contributed by atoms with Gasteiger partial charge in [-0.05, 0) is 55.9 Å². The summed E-state index contributed by atoms with van der Waals surface area (Å²) in [7, 11) is 0. The fraction of sp³-hybridized carbons (Fsp3) is 0.531. The molecule has 202 valence electrons. The number of carbonyl (C=O) groups excluding carboxylic acids is 2. The first-order valence-electron chi connectivity index (χ1n) is 14.7. The summed E-state index contributed by atoms with van der Waals surface area (Å²) in [5.74, 6) is 1.11. The van der Waals surface area contributed by atoms with Gasteiger partial charge in [-0.25, -0.2) is 4.98 Å². The summed E-state index contributed by atoms with van der Waals surface area (Å²) in [4.78, 5) is 33.8. The Kier molecular flexibility index (Phi) is 8.77. The number of benzene rings is 2. The number of aryl methyl sites for hydroxylation is 1. The molecule has 0 saturated heterocycles. The number of fused-ring (bicyclic) bond motifs is 1. The van der Waals surface area contributed by atoms with Crippen LogP contribution in [0.3, 0.4) is 0 Å². The van der Waals surface area contributed by atoms with E-state index in [1.54, 1.807) is 0 Å². The molecule has 2 aliphatic rings. The number of para-hydroxylation sites is 2. The molecule has 6 nitrogen and oxygen atoms in total. The van der Waals surface area contributed by atoms with Gasteiger partial charge in [0.1, 0.15) is 12.4 Å². The highest BCUT2D eigenvalue weighted by Crippen LogP contribution is 2.31. The second-order valence-corrected chi connectivity index (χ2v) is 11.2. The van der Waals surface area contributed by atoms with Crippen LogP contribution in [-0.4, -0.2) is 44.9 Å². The standard InChI is InChI=1S/C32H42N4O2/c1-24-12-8-9-13-25(24)22-31(37)33-21-20-30-34-28-18-10-11-19-29(28)35(30)23-32(38)36(26-14-4-2-5-15-26)27-16-6-3-7-17-27/h8-13,18-19,26-27H,2-7,14-17,20-23H2,1H3,(H,33,37). The molecule has 1 heterocycles. The summed E-state index contributed by atoms with van der Waals surface area (Å²) in [5.41, 5.74) is 4.08. The van der Waals surface area contributed by atoms with E-state index in [0.29, 0.717) is 38.0 Å². The van der Waals surface area contributed by atoms with E-state index < -0.39 is 0 Å². The van der Waals surface area contributed by atoms with Crippen LogP contribution >= 0.6 is 0 Å². The molecule has 6 heteroatoms. The van der Waals surface area contributed by atoms with Crippen LogP contribution in [0, 0.1) is 6.92 Å². The predicted octanol–water partition coefficient (Wildman–Crippen LogP) is 5.74. The Labute approximate surface area is 226 Å². The summed E-state index contributed by atoms with van der Waals surface area (Å²) in [6, 6.07) is 16.8. The van der Waals surface area contributed by atoms with Gasteiger partial charge in [0.15, 0.2) is 0 Å². The molecule has 1 aromatic heterocycles. The number of nitrogens with one attached hydrogen (secondary N) is 1. The van der Waals surface area contributed by atoms with Gasteiger partial charge in [-0.2, -0.15) is 0 Å². The van der Waals surface area contributed by atoms with Crippen LogP contribution in [0.1, 0.15) is 81.2 Å². The molecule has 0 radical (unpaired) electrons. The number of hydrogen-bond acceptors (Lipinski definition) is 3. The summed E-state index contributed by atoms with van der Waals surface area (Å²) in [6.07, 6.45) is 13.0. The van der Waals surface area contributed by atoms with Crippen molar-refractivity contribution in [3.8, 4) is 0 Å². The molecule has 2 aromatic carbocycles. The minimum atomic E-state index is 0.0128. The third kappa shape index (κ3) is 6.28. The predicted molar refractivity (Wildman–Crippen MR) is 152 cm³/mol. The maximum absolute atomic E-state index is 14.0. The van der Waals surface area contributed by atoms with Gasteiger partial charge in [0, 0.05) is 25.0 Å². The van der Waals surface area contributed by atoms with Crippen molar-refractivity contribution in [3.63, 3.8) is 0 Å². The van der Waals surface area contributed by atoms with Crippen molar-refractivity contribution in [2.24, 2.45) is 0 Å². The molecule has 3 aromatic rings. The number of amides is 2. The Morgan fingerprint density at radius 2 is 1.53 bits per heavy atom. The van der Waals surface area contributed by atoms with Crippen molar-refractivity contribution in [3.05, 3.63) is 65.5 Å². The van der Waals surface area contributed by atoms with E-state index in [1.807, 2.05) is 49.4 Å². The van der Waals surface area contributed by atoms with E-state index in [4.69, 9.17) is 4.98 Å². The Morgan fingerprint density at radius 3 is 2.21 bits per heavy atom. The lowest BCUT2D eigenvalue weighted by Gasteiger charge is -2.42. The van der Waals surface area contributed by atoms with E-state index in [2.05, 4.69) is 20.9 Å². The maximum Gasteiger partial charge on any atom is 0.243 e. The number of carbonyl (C=O) groups is 2. The van der Waals surface area contributed by atoms with Gasteiger partial charge in [0.2, 0.25) is 11.8 Å². The molecule has 2 aliphatic carbocycles. The highest BCUT2D eigenvalue weighted by molar-refractivity contribution is 5.82. The average Bonchev–Trinajstić information content (AvgIpc) is 3.28. The Hall–Kier alpha value is -3.15. The lowest BCUT2D eigenvalue weighted by molar-refractivity contribution is -0.138. The molecule has 2 fully saturated rings. The van der Waals surface area contributed by atoms with E-state index in [1.165, 1.54) is 38.5 Å². The van der Waals surface area contributed by atoms with Crippen LogP contribution in [0.5, 0.6) is 0 Å². The smallest absolute Gasteiger partial charge is 0.243 e. The van der Waals surface area contributed by atoms with Gasteiger partial charge in [0.25, 0.3) is 0 Å². The molecule has 2 amide bonds. The Balaban J connectivity index is 1.30. The van der Waals surface area contributed by atoms with E-state index in [0.717, 1.165) is 53.7 Å². The van der Waals surface area contributed by atoms with Crippen molar-refractivity contribution in [1.29, 1.82) is 0 Å². The first kappa shape index (κ1) is 26.5. The molecule has 2 saturated carbocycles. The highest BCUT2D eigenvalue weighted by atomic mass is 16.2. The number of rotatable bonds is 9. The van der Waals surface area contributed by atoms with Crippen molar-refractivity contribution in [2.75, 3.05) is 6.54 Å². The van der Waals surface area contributed by atoms with E-state index >= 15 is 0 Å². The monoisotopic (exact) mass is 514 g/mol. The van der Waals surface area contributed by atoms with Crippen LogP contribution in [0.25, 0.3) is 11.0 Å². The molecule has 0 spiro atoms. The zero-order chi connectivity index (χ0) is 26.3. The van der Waals surface area contributed by atoms with Gasteiger partial charge in [-0.3, -0.25) is 9.59 Å². The fourth-order valence-corrected chi connectivity index (χ4v) is 6.49. The van der Waals surface area contributed by atoms with Crippen LogP contribution < -0.4 is 5.32 Å². The van der Waals surface area contributed by atoms with Gasteiger partial charge in [-0.1, -0.05) is 74.9 Å². The maximum atomic E-state index is 14.0. The first-order valence-corrected chi connectivity index (χ1v) is 14.7. The fourth-order valence-electron chi connectivity index (χ4n) is 6.49. The normalized spacial score (nSPS) is 17.0. The molecular formula is C32H42N4O2. The molecule has 0 bridgehead atoms. The van der Waals surface area contributed by atoms with Crippen molar-refractivity contribution >= 4 is 22.8 Å². The van der Waals surface area contributed by atoms with Crippen LogP contribution in [0.4, 0.5) is 0 Å². The van der Waals surface area contributed by atoms with E-state index in [9.17, 15) is 9.59 Å². The molecule has 5 rings (SSSR count). The number of imidazole rings is 1.